The van der Waals surface area contributed by atoms with Gasteiger partial charge in [0.15, 0.2) is 0 Å². The van der Waals surface area contributed by atoms with Crippen molar-refractivity contribution in [1.29, 1.82) is 0 Å². The van der Waals surface area contributed by atoms with Crippen molar-refractivity contribution in [2.45, 2.75) is 6.92 Å². The number of hydrogen-bond donors (Lipinski definition) is 0. The minimum atomic E-state index is 1.06. The summed E-state index contributed by atoms with van der Waals surface area (Å²) in [6, 6.07) is 19.9. The maximum Gasteiger partial charge on any atom is -0.0254 e. The Hall–Kier alpha value is -2.08. The first-order chi connectivity index (χ1) is 8.36. The van der Waals surface area contributed by atoms with Crippen molar-refractivity contribution in [2.24, 2.45) is 0 Å². The van der Waals surface area contributed by atoms with Crippen molar-refractivity contribution in [3.63, 3.8) is 0 Å². The molecule has 17 heavy (non-hydrogen) atoms. The molecule has 2 aromatic carbocycles. The van der Waals surface area contributed by atoms with Gasteiger partial charge in [0.1, 0.15) is 0 Å². The summed E-state index contributed by atoms with van der Waals surface area (Å²) in [6.45, 7) is 7.12. The quantitative estimate of drug-likeness (QED) is 0.690. The Morgan fingerprint density at radius 1 is 0.824 bits per heavy atom. The van der Waals surface area contributed by atoms with Gasteiger partial charge in [0.25, 0.3) is 0 Å². The first-order valence-electron chi connectivity index (χ1n) is 5.52. The van der Waals surface area contributed by atoms with Crippen LogP contribution in [0.5, 0.6) is 0 Å². The maximum atomic E-state index is 5.22. The first-order valence-corrected chi connectivity index (χ1v) is 5.52. The third-order valence-corrected chi connectivity index (χ3v) is 2.10. The average molecular weight is 220 g/mol. The zero-order valence-electron chi connectivity index (χ0n) is 10.0. The van der Waals surface area contributed by atoms with Gasteiger partial charge in [0.05, 0.1) is 0 Å². The van der Waals surface area contributed by atoms with Crippen molar-refractivity contribution >= 4 is 12.2 Å². The third kappa shape index (κ3) is 5.53. The van der Waals surface area contributed by atoms with Gasteiger partial charge in [0.2, 0.25) is 0 Å². The van der Waals surface area contributed by atoms with Crippen molar-refractivity contribution in [3.8, 4) is 0 Å². The van der Waals surface area contributed by atoms with E-state index in [-0.39, 0.29) is 0 Å². The van der Waals surface area contributed by atoms with E-state index in [9.17, 15) is 0 Å². The van der Waals surface area contributed by atoms with E-state index in [1.165, 1.54) is 5.56 Å². The molecule has 0 unspecified atom stereocenters. The summed E-state index contributed by atoms with van der Waals surface area (Å²) in [5.41, 5.74) is 2.27. The second kappa shape index (κ2) is 8.12. The van der Waals surface area contributed by atoms with Gasteiger partial charge in [-0.25, -0.2) is 0 Å². The largest absolute Gasteiger partial charge is 0.0622 e. The highest BCUT2D eigenvalue weighted by molar-refractivity contribution is 5.46. The fraction of sp³-hybridized carbons (Fsp3) is 0.0588. The summed E-state index contributed by atoms with van der Waals surface area (Å²) >= 11 is 0. The Kier molecular flexibility index (Phi) is 6.20. The van der Waals surface area contributed by atoms with Gasteiger partial charge in [0, 0.05) is 0 Å². The van der Waals surface area contributed by atoms with E-state index in [1.807, 2.05) is 61.5 Å². The van der Waals surface area contributed by atoms with Gasteiger partial charge < -0.3 is 0 Å². The van der Waals surface area contributed by atoms with E-state index >= 15 is 0 Å². The summed E-state index contributed by atoms with van der Waals surface area (Å²) in [5, 5.41) is 0. The number of rotatable bonds is 2. The van der Waals surface area contributed by atoms with Crippen molar-refractivity contribution in [3.05, 3.63) is 84.4 Å². The van der Waals surface area contributed by atoms with Crippen LogP contribution in [0.25, 0.3) is 12.2 Å². The fourth-order valence-corrected chi connectivity index (χ4v) is 1.28. The van der Waals surface area contributed by atoms with Crippen LogP contribution in [-0.4, -0.2) is 0 Å². The van der Waals surface area contributed by atoms with E-state index in [2.05, 4.69) is 18.2 Å². The monoisotopic (exact) mass is 220 g/mol. The molecule has 0 aliphatic rings. The maximum absolute atomic E-state index is 5.22. The molecular formula is C17H16. The average Bonchev–Trinajstić information content (AvgIpc) is 2.42. The molecule has 0 saturated heterocycles. The Bertz CT molecular complexity index is 438. The van der Waals surface area contributed by atoms with Gasteiger partial charge >= 0.3 is 0 Å². The predicted molar refractivity (Wildman–Crippen MR) is 75.0 cm³/mol. The Labute approximate surface area is 104 Å². The van der Waals surface area contributed by atoms with Crippen molar-refractivity contribution in [1.82, 2.24) is 0 Å². The molecule has 0 nitrogen and oxygen atoms in total. The second-order valence-corrected chi connectivity index (χ2v) is 3.42. The molecule has 0 spiro atoms. The summed E-state index contributed by atoms with van der Waals surface area (Å²) in [7, 11) is 0. The van der Waals surface area contributed by atoms with Crippen LogP contribution in [0.1, 0.15) is 18.1 Å². The van der Waals surface area contributed by atoms with Crippen LogP contribution in [0.3, 0.4) is 0 Å². The lowest BCUT2D eigenvalue weighted by molar-refractivity contribution is 1.62. The smallest absolute Gasteiger partial charge is 0.0254 e. The van der Waals surface area contributed by atoms with E-state index in [1.54, 1.807) is 6.08 Å². The molecule has 2 aromatic rings. The lowest BCUT2D eigenvalue weighted by atomic mass is 10.2. The molecule has 0 heteroatoms. The lowest BCUT2D eigenvalue weighted by Crippen LogP contribution is -1.65. The Balaban J connectivity index is 0.000000171. The van der Waals surface area contributed by atoms with Crippen LogP contribution in [-0.2, 0) is 0 Å². The highest BCUT2D eigenvalue weighted by atomic mass is 13.8. The van der Waals surface area contributed by atoms with Crippen molar-refractivity contribution < 1.29 is 0 Å². The topological polar surface area (TPSA) is 0 Å². The molecule has 0 saturated carbocycles. The first kappa shape index (κ1) is 13.0. The van der Waals surface area contributed by atoms with Crippen LogP contribution in [0.15, 0.2) is 60.7 Å². The normalized spacial score (nSPS) is 9.47. The molecule has 0 N–H and O–H groups in total. The second-order valence-electron chi connectivity index (χ2n) is 3.42. The predicted octanol–water partition coefficient (Wildman–Crippen LogP) is 4.66. The van der Waals surface area contributed by atoms with Gasteiger partial charge in [-0.1, -0.05) is 79.4 Å². The molecule has 0 atom stereocenters. The molecule has 2 radical (unpaired) electrons. The molecule has 84 valence electrons. The number of allylic oxidation sites excluding steroid dienone is 1. The van der Waals surface area contributed by atoms with Gasteiger partial charge in [-0.3, -0.25) is 0 Å². The molecule has 0 bridgehead atoms. The van der Waals surface area contributed by atoms with Crippen LogP contribution < -0.4 is 0 Å². The zero-order chi connectivity index (χ0) is 12.3. The summed E-state index contributed by atoms with van der Waals surface area (Å²) in [6.07, 6.45) is 6.50. The van der Waals surface area contributed by atoms with Gasteiger partial charge in [-0.05, 0) is 24.1 Å². The Morgan fingerprint density at radius 3 is 1.65 bits per heavy atom. The molecule has 0 fully saturated rings. The van der Waals surface area contributed by atoms with E-state index < -0.39 is 0 Å². The molecule has 0 aliphatic heterocycles. The van der Waals surface area contributed by atoms with E-state index in [4.69, 9.17) is 6.58 Å². The summed E-state index contributed by atoms with van der Waals surface area (Å²) in [5.74, 6) is 0. The van der Waals surface area contributed by atoms with E-state index in [0.717, 1.165) is 5.56 Å². The van der Waals surface area contributed by atoms with Gasteiger partial charge in [-0.15, -0.1) is 0 Å². The summed E-state index contributed by atoms with van der Waals surface area (Å²) < 4.78 is 0. The third-order valence-electron chi connectivity index (χ3n) is 2.10. The number of hydrogen-bond acceptors (Lipinski definition) is 0. The lowest BCUT2D eigenvalue weighted by Gasteiger charge is -1.86. The van der Waals surface area contributed by atoms with E-state index in [0.29, 0.717) is 0 Å². The minimum absolute atomic E-state index is 1.06. The highest BCUT2D eigenvalue weighted by Crippen LogP contribution is 1.99. The van der Waals surface area contributed by atoms with Gasteiger partial charge in [-0.2, -0.15) is 0 Å². The molecular weight excluding hydrogens is 204 g/mol. The van der Waals surface area contributed by atoms with Crippen LogP contribution >= 0.6 is 0 Å². The SMILES string of the molecule is C/[C]=C\c1ccccc1.[CH]=Cc1ccccc1. The van der Waals surface area contributed by atoms with Crippen molar-refractivity contribution in [2.75, 3.05) is 0 Å². The molecule has 2 rings (SSSR count). The molecule has 0 amide bonds. The zero-order valence-corrected chi connectivity index (χ0v) is 10.0. The Morgan fingerprint density at radius 2 is 1.29 bits per heavy atom. The molecule has 0 aromatic heterocycles. The van der Waals surface area contributed by atoms with Crippen LogP contribution in [0.2, 0.25) is 0 Å². The number of benzene rings is 2. The summed E-state index contributed by atoms with van der Waals surface area (Å²) in [4.78, 5) is 0. The highest BCUT2D eigenvalue weighted by Gasteiger charge is 1.78. The standard InChI is InChI=1S/C9H9.C8H7/c1-2-6-9-7-4-3-5-8-9;1-2-8-6-4-3-5-7-8/h3-8H,1H3;1-7H. The molecule has 0 heterocycles. The van der Waals surface area contributed by atoms with Crippen LogP contribution in [0, 0.1) is 12.7 Å². The molecule has 0 aliphatic carbocycles. The fourth-order valence-electron chi connectivity index (χ4n) is 1.28. The minimum Gasteiger partial charge on any atom is -0.0622 e. The van der Waals surface area contributed by atoms with Crippen LogP contribution in [0.4, 0.5) is 0 Å².